The molecule has 0 radical (unpaired) electrons. The Morgan fingerprint density at radius 1 is 0.857 bits per heavy atom. The number of hydrogen-bond donors (Lipinski definition) is 1. The third-order valence-electron chi connectivity index (χ3n) is 8.36. The number of amides is 3. The van der Waals surface area contributed by atoms with Gasteiger partial charge in [-0.1, -0.05) is 54.6 Å². The van der Waals surface area contributed by atoms with Gasteiger partial charge in [0.25, 0.3) is 5.91 Å². The summed E-state index contributed by atoms with van der Waals surface area (Å²) in [5.41, 5.74) is 2.52. The zero-order valence-corrected chi connectivity index (χ0v) is 23.8. The minimum atomic E-state index is -4.38. The van der Waals surface area contributed by atoms with Crippen molar-refractivity contribution in [3.8, 4) is 11.1 Å². The molecule has 0 saturated carbocycles. The van der Waals surface area contributed by atoms with Crippen LogP contribution in [0.15, 0.2) is 78.9 Å². The molecule has 3 amide bonds. The van der Waals surface area contributed by atoms with Gasteiger partial charge in [0.1, 0.15) is 0 Å². The van der Waals surface area contributed by atoms with Crippen LogP contribution < -0.4 is 5.32 Å². The van der Waals surface area contributed by atoms with Crippen molar-refractivity contribution in [3.63, 3.8) is 0 Å². The zero-order valence-electron chi connectivity index (χ0n) is 23.8. The van der Waals surface area contributed by atoms with Crippen LogP contribution in [0.1, 0.15) is 40.7 Å². The minimum Gasteiger partial charge on any atom is -0.337 e. The molecule has 2 aliphatic heterocycles. The van der Waals surface area contributed by atoms with Crippen LogP contribution in [-0.2, 0) is 12.6 Å². The average molecular weight is 579 g/mol. The standard InChI is InChI=1S/C33H37F3N4O2/c1-38(31(41)27-11-9-25(10-12-27)26-13-15-28(16-14-26)33(34,35)36)30-18-21-40(23-30)32(42)39-20-17-29(22-39)37-19-5-8-24-6-3-2-4-7-24/h2-4,6-7,9-16,29-30,37H,5,8,17-23H2,1H3/t29-,30-/m0/s1. The zero-order chi connectivity index (χ0) is 29.7. The number of benzene rings is 3. The number of carbonyl (C=O) groups is 2. The van der Waals surface area contributed by atoms with E-state index in [1.54, 1.807) is 36.2 Å². The van der Waals surface area contributed by atoms with E-state index in [0.717, 1.165) is 50.0 Å². The lowest BCUT2D eigenvalue weighted by Gasteiger charge is -2.27. The number of rotatable bonds is 8. The van der Waals surface area contributed by atoms with Crippen LogP contribution in [0.2, 0.25) is 0 Å². The monoisotopic (exact) mass is 578 g/mol. The molecule has 3 aromatic rings. The van der Waals surface area contributed by atoms with E-state index in [1.165, 1.54) is 17.7 Å². The molecule has 0 unspecified atom stereocenters. The molecule has 3 aromatic carbocycles. The van der Waals surface area contributed by atoms with E-state index in [0.29, 0.717) is 43.2 Å². The van der Waals surface area contributed by atoms with E-state index in [1.807, 2.05) is 15.9 Å². The number of likely N-dealkylation sites (N-methyl/N-ethyl adjacent to an activating group) is 1. The summed E-state index contributed by atoms with van der Waals surface area (Å²) in [5.74, 6) is -0.144. The van der Waals surface area contributed by atoms with Gasteiger partial charge in [-0.05, 0) is 73.2 Å². The second-order valence-corrected chi connectivity index (χ2v) is 11.2. The van der Waals surface area contributed by atoms with Crippen molar-refractivity contribution in [1.29, 1.82) is 0 Å². The largest absolute Gasteiger partial charge is 0.416 e. The lowest BCUT2D eigenvalue weighted by molar-refractivity contribution is -0.137. The van der Waals surface area contributed by atoms with Crippen LogP contribution in [0, 0.1) is 0 Å². The van der Waals surface area contributed by atoms with Gasteiger partial charge in [-0.3, -0.25) is 4.79 Å². The van der Waals surface area contributed by atoms with Crippen molar-refractivity contribution in [2.45, 2.75) is 43.9 Å². The van der Waals surface area contributed by atoms with Gasteiger partial charge in [-0.2, -0.15) is 13.2 Å². The van der Waals surface area contributed by atoms with Crippen molar-refractivity contribution in [2.24, 2.45) is 0 Å². The first-order valence-corrected chi connectivity index (χ1v) is 14.5. The highest BCUT2D eigenvalue weighted by atomic mass is 19.4. The van der Waals surface area contributed by atoms with E-state index < -0.39 is 11.7 Å². The Labute approximate surface area is 245 Å². The number of halogens is 3. The Kier molecular flexibility index (Phi) is 9.16. The second-order valence-electron chi connectivity index (χ2n) is 11.2. The van der Waals surface area contributed by atoms with E-state index >= 15 is 0 Å². The Balaban J connectivity index is 1.08. The molecule has 0 spiro atoms. The first-order chi connectivity index (χ1) is 20.2. The fourth-order valence-corrected chi connectivity index (χ4v) is 5.80. The Bertz CT molecular complexity index is 1350. The number of urea groups is 1. The molecule has 0 aromatic heterocycles. The predicted molar refractivity (Wildman–Crippen MR) is 157 cm³/mol. The highest BCUT2D eigenvalue weighted by molar-refractivity contribution is 5.95. The molecule has 2 saturated heterocycles. The summed E-state index contributed by atoms with van der Waals surface area (Å²) in [6.45, 7) is 3.46. The SMILES string of the molecule is CN(C(=O)c1ccc(-c2ccc(C(F)(F)F)cc2)cc1)[C@H]1CCN(C(=O)N2CC[C@H](NCCCc3ccccc3)C2)C1. The number of carbonyl (C=O) groups excluding carboxylic acids is 2. The number of aryl methyl sites for hydroxylation is 1. The molecule has 42 heavy (non-hydrogen) atoms. The number of nitrogens with zero attached hydrogens (tertiary/aromatic N) is 3. The van der Waals surface area contributed by atoms with E-state index in [-0.39, 0.29) is 18.0 Å². The summed E-state index contributed by atoms with van der Waals surface area (Å²) < 4.78 is 38.6. The maximum absolute atomic E-state index is 13.2. The normalized spacial score (nSPS) is 18.9. The number of likely N-dealkylation sites (tertiary alicyclic amines) is 2. The molecule has 1 N–H and O–H groups in total. The average Bonchev–Trinajstić information content (AvgIpc) is 3.69. The topological polar surface area (TPSA) is 55.9 Å². The molecule has 222 valence electrons. The van der Waals surface area contributed by atoms with Crippen molar-refractivity contribution in [3.05, 3.63) is 95.6 Å². The van der Waals surface area contributed by atoms with Crippen molar-refractivity contribution in [2.75, 3.05) is 39.8 Å². The van der Waals surface area contributed by atoms with Gasteiger partial charge < -0.3 is 20.0 Å². The molecule has 5 rings (SSSR count). The first-order valence-electron chi connectivity index (χ1n) is 14.5. The molecule has 2 fully saturated rings. The Morgan fingerprint density at radius 2 is 1.48 bits per heavy atom. The molecule has 2 atom stereocenters. The molecule has 2 aliphatic rings. The van der Waals surface area contributed by atoms with Crippen molar-refractivity contribution >= 4 is 11.9 Å². The Hall–Kier alpha value is -3.85. The van der Waals surface area contributed by atoms with Gasteiger partial charge in [-0.15, -0.1) is 0 Å². The number of nitrogens with one attached hydrogen (secondary N) is 1. The summed E-state index contributed by atoms with van der Waals surface area (Å²) in [5, 5.41) is 3.60. The van der Waals surface area contributed by atoms with Crippen LogP contribution >= 0.6 is 0 Å². The molecular formula is C33H37F3N4O2. The number of hydrogen-bond acceptors (Lipinski definition) is 3. The van der Waals surface area contributed by atoms with Gasteiger partial charge in [-0.25, -0.2) is 4.79 Å². The summed E-state index contributed by atoms with van der Waals surface area (Å²) in [6.07, 6.45) is -0.632. The minimum absolute atomic E-state index is 0.0350. The smallest absolute Gasteiger partial charge is 0.337 e. The molecule has 6 nitrogen and oxygen atoms in total. The van der Waals surface area contributed by atoms with Gasteiger partial charge in [0, 0.05) is 44.8 Å². The van der Waals surface area contributed by atoms with Crippen LogP contribution in [0.3, 0.4) is 0 Å². The fraction of sp³-hybridized carbons (Fsp3) is 0.394. The third-order valence-corrected chi connectivity index (χ3v) is 8.36. The number of alkyl halides is 3. The molecule has 2 heterocycles. The van der Waals surface area contributed by atoms with Crippen LogP contribution in [0.4, 0.5) is 18.0 Å². The molecule has 0 aliphatic carbocycles. The lowest BCUT2D eigenvalue weighted by Crippen LogP contribution is -2.45. The predicted octanol–water partition coefficient (Wildman–Crippen LogP) is 5.94. The van der Waals surface area contributed by atoms with E-state index in [9.17, 15) is 22.8 Å². The van der Waals surface area contributed by atoms with Gasteiger partial charge in [0.2, 0.25) is 0 Å². The van der Waals surface area contributed by atoms with Gasteiger partial charge >= 0.3 is 12.2 Å². The summed E-state index contributed by atoms with van der Waals surface area (Å²) in [7, 11) is 1.76. The van der Waals surface area contributed by atoms with Crippen LogP contribution in [0.5, 0.6) is 0 Å². The Morgan fingerprint density at radius 3 is 2.14 bits per heavy atom. The maximum atomic E-state index is 13.2. The van der Waals surface area contributed by atoms with Gasteiger partial charge in [0.05, 0.1) is 11.6 Å². The second kappa shape index (κ2) is 13.0. The van der Waals surface area contributed by atoms with Crippen LogP contribution in [-0.4, -0.2) is 78.5 Å². The van der Waals surface area contributed by atoms with Crippen molar-refractivity contribution < 1.29 is 22.8 Å². The first kappa shape index (κ1) is 29.6. The lowest BCUT2D eigenvalue weighted by atomic mass is 10.0. The summed E-state index contributed by atoms with van der Waals surface area (Å²) >= 11 is 0. The quantitative estimate of drug-likeness (QED) is 0.337. The van der Waals surface area contributed by atoms with Crippen LogP contribution in [0.25, 0.3) is 11.1 Å². The molecule has 9 heteroatoms. The van der Waals surface area contributed by atoms with Gasteiger partial charge in [0.15, 0.2) is 0 Å². The van der Waals surface area contributed by atoms with Crippen molar-refractivity contribution in [1.82, 2.24) is 20.0 Å². The molecule has 0 bridgehead atoms. The fourth-order valence-electron chi connectivity index (χ4n) is 5.80. The summed E-state index contributed by atoms with van der Waals surface area (Å²) in [6, 6.07) is 22.6. The third kappa shape index (κ3) is 7.13. The molecular weight excluding hydrogens is 541 g/mol. The van der Waals surface area contributed by atoms with E-state index in [2.05, 4.69) is 29.6 Å². The highest BCUT2D eigenvalue weighted by Crippen LogP contribution is 2.31. The van der Waals surface area contributed by atoms with E-state index in [4.69, 9.17) is 0 Å². The summed E-state index contributed by atoms with van der Waals surface area (Å²) in [4.78, 5) is 31.9. The highest BCUT2D eigenvalue weighted by Gasteiger charge is 2.35. The maximum Gasteiger partial charge on any atom is 0.416 e.